The number of fused-ring (bicyclic) bond motifs is 2. The van der Waals surface area contributed by atoms with E-state index in [0.717, 1.165) is 43.0 Å². The van der Waals surface area contributed by atoms with Crippen molar-refractivity contribution in [2.75, 3.05) is 44.8 Å². The average molecular weight is 514 g/mol. The molecule has 3 aliphatic rings. The number of nitrogens with zero attached hydrogens (tertiary/aromatic N) is 3. The van der Waals surface area contributed by atoms with Crippen molar-refractivity contribution in [1.29, 1.82) is 0 Å². The number of likely N-dealkylation sites (tertiary alicyclic amines) is 1. The van der Waals surface area contributed by atoms with E-state index in [9.17, 15) is 8.78 Å². The summed E-state index contributed by atoms with van der Waals surface area (Å²) in [5.74, 6) is 0.334. The molecule has 3 fully saturated rings. The maximum absolute atomic E-state index is 14.8. The van der Waals surface area contributed by atoms with Crippen LogP contribution in [0.5, 0.6) is 5.75 Å². The predicted octanol–water partition coefficient (Wildman–Crippen LogP) is 4.16. The van der Waals surface area contributed by atoms with E-state index in [-0.39, 0.29) is 36.0 Å². The third-order valence-corrected chi connectivity index (χ3v) is 7.69. The van der Waals surface area contributed by atoms with Gasteiger partial charge in [0.15, 0.2) is 5.65 Å². The van der Waals surface area contributed by atoms with E-state index in [0.29, 0.717) is 37.7 Å². The van der Waals surface area contributed by atoms with Crippen molar-refractivity contribution in [2.24, 2.45) is 0 Å². The van der Waals surface area contributed by atoms with Crippen LogP contribution in [-0.4, -0.2) is 71.5 Å². The Kier molecular flexibility index (Phi) is 6.96. The lowest BCUT2D eigenvalue weighted by Crippen LogP contribution is -2.25. The second-order valence-corrected chi connectivity index (χ2v) is 10.1. The SMILES string of the molecule is CCc1cc2[nH]c(C3CO[C@@H]4CCO[C@H]34)nc2nc1NCc1c(F)cc(OCCN2CCCC2)cc1F. The molecular formula is C27H33F2N5O3. The average Bonchev–Trinajstić information content (AvgIpc) is 3.67. The number of nitrogens with one attached hydrogen (secondary N) is 2. The number of benzene rings is 1. The lowest BCUT2D eigenvalue weighted by molar-refractivity contribution is 0.0701. The van der Waals surface area contributed by atoms with E-state index < -0.39 is 11.6 Å². The second kappa shape index (κ2) is 10.5. The fourth-order valence-electron chi connectivity index (χ4n) is 5.61. The molecule has 8 nitrogen and oxygen atoms in total. The number of pyridine rings is 1. The van der Waals surface area contributed by atoms with Gasteiger partial charge in [-0.2, -0.15) is 0 Å². The van der Waals surface area contributed by atoms with Crippen molar-refractivity contribution in [3.63, 3.8) is 0 Å². The number of aromatic nitrogens is 3. The third-order valence-electron chi connectivity index (χ3n) is 7.69. The summed E-state index contributed by atoms with van der Waals surface area (Å²) in [6.45, 7) is 6.53. The number of H-pyrrole nitrogens is 1. The molecule has 0 radical (unpaired) electrons. The first-order valence-electron chi connectivity index (χ1n) is 13.3. The minimum Gasteiger partial charge on any atom is -0.492 e. The van der Waals surface area contributed by atoms with Gasteiger partial charge in [0.05, 0.1) is 30.2 Å². The highest BCUT2D eigenvalue weighted by atomic mass is 19.1. The monoisotopic (exact) mass is 513 g/mol. The van der Waals surface area contributed by atoms with Gasteiger partial charge >= 0.3 is 0 Å². The molecule has 2 N–H and O–H groups in total. The molecule has 0 saturated carbocycles. The number of rotatable bonds is 9. The van der Waals surface area contributed by atoms with Crippen molar-refractivity contribution >= 4 is 17.0 Å². The van der Waals surface area contributed by atoms with Gasteiger partial charge in [0.2, 0.25) is 0 Å². The van der Waals surface area contributed by atoms with E-state index in [2.05, 4.69) is 20.2 Å². The predicted molar refractivity (Wildman–Crippen MR) is 135 cm³/mol. The smallest absolute Gasteiger partial charge is 0.179 e. The maximum Gasteiger partial charge on any atom is 0.179 e. The molecule has 0 spiro atoms. The Hall–Kier alpha value is -2.82. The van der Waals surface area contributed by atoms with E-state index >= 15 is 0 Å². The normalized spacial score (nSPS) is 23.7. The number of imidazole rings is 1. The van der Waals surface area contributed by atoms with Crippen LogP contribution in [-0.2, 0) is 22.4 Å². The molecule has 10 heteroatoms. The Morgan fingerprint density at radius 3 is 2.73 bits per heavy atom. The lowest BCUT2D eigenvalue weighted by Gasteiger charge is -2.16. The minimum absolute atomic E-state index is 0.0157. The highest BCUT2D eigenvalue weighted by molar-refractivity contribution is 5.75. The molecule has 0 bridgehead atoms. The molecule has 3 saturated heterocycles. The summed E-state index contributed by atoms with van der Waals surface area (Å²) in [6, 6.07) is 4.50. The number of halogens is 2. The van der Waals surface area contributed by atoms with Crippen molar-refractivity contribution in [2.45, 2.75) is 57.3 Å². The Balaban J connectivity index is 1.15. The minimum atomic E-state index is -0.641. The number of aryl methyl sites for hydroxylation is 1. The molecule has 1 unspecified atom stereocenters. The summed E-state index contributed by atoms with van der Waals surface area (Å²) in [6.07, 6.45) is 4.14. The van der Waals surface area contributed by atoms with E-state index in [1.54, 1.807) is 0 Å². The van der Waals surface area contributed by atoms with E-state index in [1.165, 1.54) is 25.0 Å². The van der Waals surface area contributed by atoms with Gasteiger partial charge in [0.25, 0.3) is 0 Å². The first-order valence-corrected chi connectivity index (χ1v) is 13.3. The van der Waals surface area contributed by atoms with Gasteiger partial charge in [-0.15, -0.1) is 0 Å². The molecule has 3 aromatic rings. The topological polar surface area (TPSA) is 84.5 Å². The number of hydrogen-bond acceptors (Lipinski definition) is 7. The molecule has 37 heavy (non-hydrogen) atoms. The molecule has 5 heterocycles. The molecule has 0 aliphatic carbocycles. The quantitative estimate of drug-likeness (QED) is 0.445. The number of aromatic amines is 1. The molecule has 198 valence electrons. The van der Waals surface area contributed by atoms with E-state index in [1.807, 2.05) is 13.0 Å². The van der Waals surface area contributed by atoms with E-state index in [4.69, 9.17) is 19.2 Å². The molecule has 0 amide bonds. The number of anilines is 1. The Labute approximate surface area is 214 Å². The van der Waals surface area contributed by atoms with Gasteiger partial charge in [-0.3, -0.25) is 4.90 Å². The van der Waals surface area contributed by atoms with Crippen LogP contribution in [0.25, 0.3) is 11.2 Å². The number of hydrogen-bond donors (Lipinski definition) is 2. The summed E-state index contributed by atoms with van der Waals surface area (Å²) < 4.78 is 47.0. The summed E-state index contributed by atoms with van der Waals surface area (Å²) in [4.78, 5) is 15.1. The van der Waals surface area contributed by atoms with Gasteiger partial charge in [-0.05, 0) is 50.4 Å². The largest absolute Gasteiger partial charge is 0.492 e. The van der Waals surface area contributed by atoms with Gasteiger partial charge < -0.3 is 24.5 Å². The molecule has 3 aliphatic heterocycles. The van der Waals surface area contributed by atoms with Crippen molar-refractivity contribution in [3.05, 3.63) is 46.8 Å². The van der Waals surface area contributed by atoms with Crippen LogP contribution in [0.15, 0.2) is 18.2 Å². The summed E-state index contributed by atoms with van der Waals surface area (Å²) >= 11 is 0. The molecular weight excluding hydrogens is 480 g/mol. The van der Waals surface area contributed by atoms with Crippen LogP contribution in [0.3, 0.4) is 0 Å². The first-order chi connectivity index (χ1) is 18.1. The van der Waals surface area contributed by atoms with Crippen molar-refractivity contribution < 1.29 is 23.0 Å². The zero-order valence-corrected chi connectivity index (χ0v) is 21.1. The highest BCUT2D eigenvalue weighted by Crippen LogP contribution is 2.37. The summed E-state index contributed by atoms with van der Waals surface area (Å²) in [5, 5.41) is 3.13. The maximum atomic E-state index is 14.8. The molecule has 3 atom stereocenters. The third kappa shape index (κ3) is 5.02. The first kappa shape index (κ1) is 24.5. The molecule has 6 rings (SSSR count). The van der Waals surface area contributed by atoms with Crippen molar-refractivity contribution in [3.8, 4) is 5.75 Å². The summed E-state index contributed by atoms with van der Waals surface area (Å²) in [7, 11) is 0. The van der Waals surface area contributed by atoms with Gasteiger partial charge in [-0.1, -0.05) is 6.92 Å². The molecule has 2 aromatic heterocycles. The Morgan fingerprint density at radius 1 is 1.14 bits per heavy atom. The summed E-state index contributed by atoms with van der Waals surface area (Å²) in [5.41, 5.74) is 2.26. The van der Waals surface area contributed by atoms with Crippen LogP contribution < -0.4 is 10.1 Å². The zero-order chi connectivity index (χ0) is 25.4. The highest BCUT2D eigenvalue weighted by Gasteiger charge is 2.43. The van der Waals surface area contributed by atoms with Gasteiger partial charge in [-0.25, -0.2) is 18.7 Å². The Morgan fingerprint density at radius 2 is 1.95 bits per heavy atom. The number of ether oxygens (including phenoxy) is 3. The molecule has 1 aromatic carbocycles. The standard InChI is InChI=1S/C27H33F2N5O3/c1-2-16-11-22-27(33-26(31-22)19-15-37-23-5-9-36-24(19)23)32-25(16)30-14-18-20(28)12-17(13-21(18)29)35-10-8-34-6-3-4-7-34/h11-13,19,23-24H,2-10,14-15H2,1H3,(H2,30,31,32,33)/t19?,23-,24-/m1/s1. The lowest BCUT2D eigenvalue weighted by atomic mass is 10.0. The zero-order valence-electron chi connectivity index (χ0n) is 21.1. The Bertz CT molecular complexity index is 1240. The van der Waals surface area contributed by atoms with Crippen LogP contribution in [0.4, 0.5) is 14.6 Å². The second-order valence-electron chi connectivity index (χ2n) is 10.1. The van der Waals surface area contributed by atoms with Gasteiger partial charge in [0, 0.05) is 37.4 Å². The fourth-order valence-corrected chi connectivity index (χ4v) is 5.61. The van der Waals surface area contributed by atoms with Crippen LogP contribution in [0.1, 0.15) is 49.1 Å². The van der Waals surface area contributed by atoms with Crippen molar-refractivity contribution in [1.82, 2.24) is 19.9 Å². The van der Waals surface area contributed by atoms with Gasteiger partial charge in [0.1, 0.15) is 35.6 Å². The fraction of sp³-hybridized carbons (Fsp3) is 0.556. The van der Waals surface area contributed by atoms with Crippen LogP contribution >= 0.6 is 0 Å². The van der Waals surface area contributed by atoms with Crippen LogP contribution in [0, 0.1) is 11.6 Å². The van der Waals surface area contributed by atoms with Crippen LogP contribution in [0.2, 0.25) is 0 Å².